The number of hydrogen-bond acceptors (Lipinski definition) is 3. The monoisotopic (exact) mass is 315 g/mol. The van der Waals surface area contributed by atoms with Crippen LogP contribution in [0.2, 0.25) is 0 Å². The van der Waals surface area contributed by atoms with Crippen LogP contribution in [0, 0.1) is 0 Å². The second kappa shape index (κ2) is 6.83. The molecule has 0 bridgehead atoms. The summed E-state index contributed by atoms with van der Waals surface area (Å²) in [4.78, 5) is 11.6. The van der Waals surface area contributed by atoms with Crippen LogP contribution < -0.4 is 4.90 Å². The average Bonchev–Trinajstić information content (AvgIpc) is 2.67. The highest BCUT2D eigenvalue weighted by Gasteiger charge is 2.10. The maximum absolute atomic E-state index is 4.62. The number of piperidine rings is 1. The van der Waals surface area contributed by atoms with Gasteiger partial charge in [0, 0.05) is 18.8 Å². The zero-order valence-corrected chi connectivity index (χ0v) is 13.7. The van der Waals surface area contributed by atoms with Crippen molar-refractivity contribution < 1.29 is 0 Å². The van der Waals surface area contributed by atoms with E-state index in [2.05, 4.69) is 45.2 Å². The molecule has 2 heterocycles. The SMILES string of the molecule is C(=Cc1cnc2ccccc2n1)c1ccc(N2CCCCC2)cc1. The van der Waals surface area contributed by atoms with Gasteiger partial charge in [-0.1, -0.05) is 30.3 Å². The first-order chi connectivity index (χ1) is 11.9. The zero-order valence-electron chi connectivity index (χ0n) is 13.7. The van der Waals surface area contributed by atoms with Gasteiger partial charge in [0.15, 0.2) is 0 Å². The van der Waals surface area contributed by atoms with Crippen molar-refractivity contribution in [2.75, 3.05) is 18.0 Å². The van der Waals surface area contributed by atoms with Gasteiger partial charge in [-0.25, -0.2) is 4.98 Å². The number of nitrogens with zero attached hydrogens (tertiary/aromatic N) is 3. The van der Waals surface area contributed by atoms with E-state index in [1.54, 1.807) is 0 Å². The molecule has 0 unspecified atom stereocenters. The molecule has 1 saturated heterocycles. The number of fused-ring (bicyclic) bond motifs is 1. The van der Waals surface area contributed by atoms with Gasteiger partial charge in [-0.15, -0.1) is 0 Å². The summed E-state index contributed by atoms with van der Waals surface area (Å²) in [5.74, 6) is 0. The molecular weight excluding hydrogens is 294 g/mol. The lowest BCUT2D eigenvalue weighted by molar-refractivity contribution is 0.578. The maximum Gasteiger partial charge on any atom is 0.0894 e. The number of benzene rings is 2. The van der Waals surface area contributed by atoms with Crippen LogP contribution in [0.4, 0.5) is 5.69 Å². The van der Waals surface area contributed by atoms with Crippen molar-refractivity contribution in [3.8, 4) is 0 Å². The summed E-state index contributed by atoms with van der Waals surface area (Å²) in [5.41, 5.74) is 5.26. The summed E-state index contributed by atoms with van der Waals surface area (Å²) in [5, 5.41) is 0. The Morgan fingerprint density at radius 2 is 1.54 bits per heavy atom. The molecule has 0 atom stereocenters. The Kier molecular flexibility index (Phi) is 4.24. The number of anilines is 1. The Labute approximate surface area is 142 Å². The number of hydrogen-bond donors (Lipinski definition) is 0. The van der Waals surface area contributed by atoms with Crippen molar-refractivity contribution in [3.05, 3.63) is 66.0 Å². The number of rotatable bonds is 3. The third-order valence-electron chi connectivity index (χ3n) is 4.53. The fourth-order valence-electron chi connectivity index (χ4n) is 3.18. The van der Waals surface area contributed by atoms with E-state index >= 15 is 0 Å². The highest BCUT2D eigenvalue weighted by atomic mass is 15.1. The Balaban J connectivity index is 1.50. The minimum atomic E-state index is 0.883. The van der Waals surface area contributed by atoms with Crippen LogP contribution in [0.3, 0.4) is 0 Å². The van der Waals surface area contributed by atoms with Gasteiger partial charge in [0.2, 0.25) is 0 Å². The molecule has 0 saturated carbocycles. The molecule has 1 aliphatic rings. The van der Waals surface area contributed by atoms with Gasteiger partial charge in [0.25, 0.3) is 0 Å². The lowest BCUT2D eigenvalue weighted by Gasteiger charge is -2.28. The predicted molar refractivity (Wildman–Crippen MR) is 101 cm³/mol. The molecule has 0 amide bonds. The minimum Gasteiger partial charge on any atom is -0.372 e. The molecule has 2 aromatic carbocycles. The highest BCUT2D eigenvalue weighted by molar-refractivity contribution is 5.76. The summed E-state index contributed by atoms with van der Waals surface area (Å²) in [6, 6.07) is 16.7. The standard InChI is InChI=1S/C21H21N3/c1-4-14-24(15-5-1)19-12-9-17(10-13-19)8-11-18-16-22-20-6-2-3-7-21(20)23-18/h2-3,6-13,16H,1,4-5,14-15H2. The molecule has 1 aliphatic heterocycles. The molecule has 3 aromatic rings. The molecule has 24 heavy (non-hydrogen) atoms. The fraction of sp³-hybridized carbons (Fsp3) is 0.238. The molecule has 4 rings (SSSR count). The van der Waals surface area contributed by atoms with Crippen molar-refractivity contribution >= 4 is 28.9 Å². The van der Waals surface area contributed by atoms with Crippen molar-refractivity contribution in [2.45, 2.75) is 19.3 Å². The zero-order chi connectivity index (χ0) is 16.2. The van der Waals surface area contributed by atoms with E-state index in [9.17, 15) is 0 Å². The molecule has 3 nitrogen and oxygen atoms in total. The van der Waals surface area contributed by atoms with Gasteiger partial charge in [-0.05, 0) is 55.2 Å². The van der Waals surface area contributed by atoms with Crippen LogP contribution in [0.25, 0.3) is 23.2 Å². The van der Waals surface area contributed by atoms with Gasteiger partial charge >= 0.3 is 0 Å². The molecule has 1 aromatic heterocycles. The quantitative estimate of drug-likeness (QED) is 0.696. The van der Waals surface area contributed by atoms with E-state index < -0.39 is 0 Å². The summed E-state index contributed by atoms with van der Waals surface area (Å²) in [7, 11) is 0. The first-order valence-electron chi connectivity index (χ1n) is 8.63. The molecule has 1 fully saturated rings. The van der Waals surface area contributed by atoms with Crippen LogP contribution in [-0.4, -0.2) is 23.1 Å². The van der Waals surface area contributed by atoms with Crippen molar-refractivity contribution in [1.29, 1.82) is 0 Å². The second-order valence-corrected chi connectivity index (χ2v) is 6.26. The fourth-order valence-corrected chi connectivity index (χ4v) is 3.18. The van der Waals surface area contributed by atoms with Gasteiger partial charge in [0.1, 0.15) is 0 Å². The van der Waals surface area contributed by atoms with E-state index in [0.717, 1.165) is 16.7 Å². The normalized spacial score (nSPS) is 15.2. The van der Waals surface area contributed by atoms with Crippen molar-refractivity contribution in [3.63, 3.8) is 0 Å². The lowest BCUT2D eigenvalue weighted by atomic mass is 10.1. The topological polar surface area (TPSA) is 29.0 Å². The second-order valence-electron chi connectivity index (χ2n) is 6.26. The van der Waals surface area contributed by atoms with E-state index in [-0.39, 0.29) is 0 Å². The maximum atomic E-state index is 4.62. The molecule has 0 aliphatic carbocycles. The average molecular weight is 315 g/mol. The summed E-state index contributed by atoms with van der Waals surface area (Å²) < 4.78 is 0. The first-order valence-corrected chi connectivity index (χ1v) is 8.63. The smallest absolute Gasteiger partial charge is 0.0894 e. The lowest BCUT2D eigenvalue weighted by Crippen LogP contribution is -2.29. The van der Waals surface area contributed by atoms with Crippen molar-refractivity contribution in [1.82, 2.24) is 9.97 Å². The third-order valence-corrected chi connectivity index (χ3v) is 4.53. The Hall–Kier alpha value is -2.68. The van der Waals surface area contributed by atoms with Gasteiger partial charge < -0.3 is 4.90 Å². The van der Waals surface area contributed by atoms with Crippen LogP contribution in [-0.2, 0) is 0 Å². The predicted octanol–water partition coefficient (Wildman–Crippen LogP) is 4.79. The van der Waals surface area contributed by atoms with Gasteiger partial charge in [-0.2, -0.15) is 0 Å². The number of aromatic nitrogens is 2. The summed E-state index contributed by atoms with van der Waals surface area (Å²) in [6.45, 7) is 2.36. The van der Waals surface area contributed by atoms with E-state index in [4.69, 9.17) is 0 Å². The van der Waals surface area contributed by atoms with E-state index in [1.165, 1.54) is 43.6 Å². The van der Waals surface area contributed by atoms with E-state index in [0.29, 0.717) is 0 Å². The highest BCUT2D eigenvalue weighted by Crippen LogP contribution is 2.21. The summed E-state index contributed by atoms with van der Waals surface area (Å²) >= 11 is 0. The van der Waals surface area contributed by atoms with Crippen LogP contribution in [0.5, 0.6) is 0 Å². The molecular formula is C21H21N3. The Morgan fingerprint density at radius 1 is 0.792 bits per heavy atom. The van der Waals surface area contributed by atoms with E-state index in [1.807, 2.05) is 36.5 Å². The molecule has 3 heteroatoms. The largest absolute Gasteiger partial charge is 0.372 e. The molecule has 0 spiro atoms. The molecule has 120 valence electrons. The first kappa shape index (κ1) is 14.9. The van der Waals surface area contributed by atoms with Crippen molar-refractivity contribution in [2.24, 2.45) is 0 Å². The Morgan fingerprint density at radius 3 is 2.33 bits per heavy atom. The summed E-state index contributed by atoms with van der Waals surface area (Å²) in [6.07, 6.45) is 9.92. The minimum absolute atomic E-state index is 0.883. The van der Waals surface area contributed by atoms with Crippen LogP contribution in [0.1, 0.15) is 30.5 Å². The third kappa shape index (κ3) is 3.30. The van der Waals surface area contributed by atoms with Gasteiger partial charge in [0.05, 0.1) is 22.9 Å². The number of para-hydroxylation sites is 2. The van der Waals surface area contributed by atoms with Crippen LogP contribution >= 0.6 is 0 Å². The van der Waals surface area contributed by atoms with Crippen LogP contribution in [0.15, 0.2) is 54.7 Å². The molecule has 0 radical (unpaired) electrons. The Bertz CT molecular complexity index is 846. The molecule has 0 N–H and O–H groups in total. The van der Waals surface area contributed by atoms with Gasteiger partial charge in [-0.3, -0.25) is 4.98 Å².